The van der Waals surface area contributed by atoms with Crippen molar-refractivity contribution in [1.82, 2.24) is 10.4 Å². The molecule has 1 aliphatic rings. The molecule has 2 amide bonds. The van der Waals surface area contributed by atoms with Gasteiger partial charge in [0.1, 0.15) is 17.5 Å². The predicted octanol–water partition coefficient (Wildman–Crippen LogP) is 2.99. The Kier molecular flexibility index (Phi) is 8.36. The van der Waals surface area contributed by atoms with Gasteiger partial charge in [0.25, 0.3) is 5.91 Å². The van der Waals surface area contributed by atoms with E-state index in [1.807, 2.05) is 31.2 Å². The second-order valence-corrected chi connectivity index (χ2v) is 8.50. The predicted molar refractivity (Wildman–Crippen MR) is 126 cm³/mol. The van der Waals surface area contributed by atoms with Crippen LogP contribution in [0.4, 0.5) is 0 Å². The summed E-state index contributed by atoms with van der Waals surface area (Å²) in [5.41, 5.74) is 7.33. The summed E-state index contributed by atoms with van der Waals surface area (Å²) in [6.07, 6.45) is 2.45. The molecule has 34 heavy (non-hydrogen) atoms. The number of ether oxygens (including phenoxy) is 3. The van der Waals surface area contributed by atoms with E-state index >= 15 is 0 Å². The van der Waals surface area contributed by atoms with Crippen LogP contribution in [0.2, 0.25) is 0 Å². The Hall–Kier alpha value is -3.30. The van der Waals surface area contributed by atoms with Gasteiger partial charge in [0, 0.05) is 12.6 Å². The number of hydrogen-bond acceptors (Lipinski definition) is 7. The van der Waals surface area contributed by atoms with Gasteiger partial charge in [-0.1, -0.05) is 12.1 Å². The van der Waals surface area contributed by atoms with E-state index in [2.05, 4.69) is 0 Å². The number of rotatable bonds is 11. The molecule has 0 saturated carbocycles. The lowest BCUT2D eigenvalue weighted by Crippen LogP contribution is -2.49. The lowest BCUT2D eigenvalue weighted by Gasteiger charge is -2.29. The zero-order valence-corrected chi connectivity index (χ0v) is 19.9. The van der Waals surface area contributed by atoms with E-state index < -0.39 is 17.4 Å². The Morgan fingerprint density at radius 1 is 1.12 bits per heavy atom. The van der Waals surface area contributed by atoms with Crippen molar-refractivity contribution < 1.29 is 29.0 Å². The number of nitrogens with two attached hydrogens (primary N) is 1. The summed E-state index contributed by atoms with van der Waals surface area (Å²) in [5, 5.41) is 9.18. The highest BCUT2D eigenvalue weighted by atomic mass is 16.5. The number of benzene rings is 2. The van der Waals surface area contributed by atoms with Crippen molar-refractivity contribution in [2.45, 2.75) is 44.1 Å². The van der Waals surface area contributed by atoms with E-state index in [-0.39, 0.29) is 5.91 Å². The van der Waals surface area contributed by atoms with Crippen LogP contribution in [-0.2, 0) is 15.0 Å². The SMILES string of the molecule is COc1ccc(Oc2ccc([C@]3(C)CCN([C@H](CCCCN)C(=O)NO)C3=O)cc2)cc1OC. The average Bonchev–Trinajstić information content (AvgIpc) is 3.16. The summed E-state index contributed by atoms with van der Waals surface area (Å²) in [6, 6.07) is 11.9. The molecule has 1 fully saturated rings. The standard InChI is InChI=1S/C25H33N3O6/c1-25(13-15-28(24(25)30)20(23(29)27-31)6-4-5-14-26)17-7-9-18(10-8-17)34-19-11-12-21(32-2)22(16-19)33-3/h7-12,16,20,31H,4-6,13-15,26H2,1-3H3,(H,27,29)/t20-,25+/m1/s1. The summed E-state index contributed by atoms with van der Waals surface area (Å²) >= 11 is 0. The highest BCUT2D eigenvalue weighted by Gasteiger charge is 2.47. The highest BCUT2D eigenvalue weighted by Crippen LogP contribution is 2.38. The van der Waals surface area contributed by atoms with Crippen molar-refractivity contribution in [3.63, 3.8) is 0 Å². The third-order valence-electron chi connectivity index (χ3n) is 6.39. The second kappa shape index (κ2) is 11.2. The first-order valence-electron chi connectivity index (χ1n) is 11.3. The molecule has 4 N–H and O–H groups in total. The first-order valence-corrected chi connectivity index (χ1v) is 11.3. The minimum Gasteiger partial charge on any atom is -0.493 e. The van der Waals surface area contributed by atoms with Gasteiger partial charge in [-0.05, 0) is 69.0 Å². The number of carbonyl (C=O) groups is 2. The number of hydrogen-bond donors (Lipinski definition) is 3. The van der Waals surface area contributed by atoms with Crippen LogP contribution in [0, 0.1) is 0 Å². The number of hydroxylamine groups is 1. The average molecular weight is 472 g/mol. The Balaban J connectivity index is 1.74. The molecule has 0 unspecified atom stereocenters. The van der Waals surface area contributed by atoms with E-state index in [0.29, 0.717) is 55.4 Å². The maximum absolute atomic E-state index is 13.4. The van der Waals surface area contributed by atoms with Crippen LogP contribution in [0.5, 0.6) is 23.0 Å². The largest absolute Gasteiger partial charge is 0.493 e. The number of methoxy groups -OCH3 is 2. The molecule has 0 aliphatic carbocycles. The normalized spacial score (nSPS) is 18.5. The smallest absolute Gasteiger partial charge is 0.266 e. The molecule has 3 rings (SSSR count). The van der Waals surface area contributed by atoms with Gasteiger partial charge in [-0.25, -0.2) is 5.48 Å². The van der Waals surface area contributed by atoms with Gasteiger partial charge in [0.15, 0.2) is 11.5 Å². The van der Waals surface area contributed by atoms with Gasteiger partial charge < -0.3 is 24.8 Å². The maximum Gasteiger partial charge on any atom is 0.266 e. The monoisotopic (exact) mass is 471 g/mol. The fourth-order valence-corrected chi connectivity index (χ4v) is 4.33. The topological polar surface area (TPSA) is 123 Å². The molecule has 2 aromatic carbocycles. The van der Waals surface area contributed by atoms with Gasteiger partial charge in [-0.15, -0.1) is 0 Å². The van der Waals surface area contributed by atoms with Gasteiger partial charge in [0.05, 0.1) is 19.6 Å². The van der Waals surface area contributed by atoms with E-state index in [0.717, 1.165) is 12.0 Å². The van der Waals surface area contributed by atoms with Gasteiger partial charge in [-0.2, -0.15) is 0 Å². The number of nitrogens with zero attached hydrogens (tertiary/aromatic N) is 1. The molecule has 0 radical (unpaired) electrons. The fourth-order valence-electron chi connectivity index (χ4n) is 4.33. The van der Waals surface area contributed by atoms with Gasteiger partial charge in [0.2, 0.25) is 5.91 Å². The third kappa shape index (κ3) is 5.26. The zero-order valence-electron chi connectivity index (χ0n) is 19.9. The van der Waals surface area contributed by atoms with Crippen molar-refractivity contribution in [1.29, 1.82) is 0 Å². The molecule has 9 heteroatoms. The molecule has 2 aromatic rings. The molecule has 2 atom stereocenters. The quantitative estimate of drug-likeness (QED) is 0.261. The van der Waals surface area contributed by atoms with Crippen molar-refractivity contribution in [3.8, 4) is 23.0 Å². The van der Waals surface area contributed by atoms with Crippen LogP contribution < -0.4 is 25.4 Å². The summed E-state index contributed by atoms with van der Waals surface area (Å²) in [4.78, 5) is 27.2. The number of nitrogens with one attached hydrogen (secondary N) is 1. The molecule has 0 aromatic heterocycles. The first-order chi connectivity index (χ1) is 16.4. The number of carbonyl (C=O) groups excluding carboxylic acids is 2. The van der Waals surface area contributed by atoms with Crippen LogP contribution in [0.15, 0.2) is 42.5 Å². The van der Waals surface area contributed by atoms with Crippen molar-refractivity contribution in [2.75, 3.05) is 27.3 Å². The first kappa shape index (κ1) is 25.3. The van der Waals surface area contributed by atoms with Crippen LogP contribution >= 0.6 is 0 Å². The molecule has 9 nitrogen and oxygen atoms in total. The Morgan fingerprint density at radius 2 is 1.79 bits per heavy atom. The molecule has 184 valence electrons. The van der Waals surface area contributed by atoms with Crippen LogP contribution in [-0.4, -0.2) is 55.3 Å². The van der Waals surface area contributed by atoms with E-state index in [4.69, 9.17) is 19.9 Å². The summed E-state index contributed by atoms with van der Waals surface area (Å²) in [7, 11) is 3.13. The minimum atomic E-state index is -0.774. The van der Waals surface area contributed by atoms with Crippen molar-refractivity contribution in [2.24, 2.45) is 5.73 Å². The molecule has 1 heterocycles. The fraction of sp³-hybridized carbons (Fsp3) is 0.440. The second-order valence-electron chi connectivity index (χ2n) is 8.50. The zero-order chi connectivity index (χ0) is 24.7. The van der Waals surface area contributed by atoms with E-state index in [1.165, 1.54) is 0 Å². The van der Waals surface area contributed by atoms with Crippen LogP contribution in [0.25, 0.3) is 0 Å². The van der Waals surface area contributed by atoms with E-state index in [9.17, 15) is 14.8 Å². The Bertz CT molecular complexity index is 997. The molecular formula is C25H33N3O6. The van der Waals surface area contributed by atoms with Crippen LogP contribution in [0.3, 0.4) is 0 Å². The van der Waals surface area contributed by atoms with E-state index in [1.54, 1.807) is 42.8 Å². The van der Waals surface area contributed by atoms with Crippen molar-refractivity contribution in [3.05, 3.63) is 48.0 Å². The number of likely N-dealkylation sites (tertiary alicyclic amines) is 1. The minimum absolute atomic E-state index is 0.137. The lowest BCUT2D eigenvalue weighted by molar-refractivity contribution is -0.144. The lowest BCUT2D eigenvalue weighted by atomic mass is 9.81. The third-order valence-corrected chi connectivity index (χ3v) is 6.39. The van der Waals surface area contributed by atoms with Gasteiger partial charge in [-0.3, -0.25) is 14.8 Å². The summed E-state index contributed by atoms with van der Waals surface area (Å²) in [6.45, 7) is 2.82. The molecular weight excluding hydrogens is 438 g/mol. The molecule has 1 aliphatic heterocycles. The van der Waals surface area contributed by atoms with Gasteiger partial charge >= 0.3 is 0 Å². The number of unbranched alkanes of at least 4 members (excludes halogenated alkanes) is 1. The Morgan fingerprint density at radius 3 is 2.41 bits per heavy atom. The van der Waals surface area contributed by atoms with Crippen LogP contribution in [0.1, 0.15) is 38.2 Å². The summed E-state index contributed by atoms with van der Waals surface area (Å²) < 4.78 is 16.5. The maximum atomic E-state index is 13.4. The molecule has 1 saturated heterocycles. The highest BCUT2D eigenvalue weighted by molar-refractivity contribution is 5.94. The molecule has 0 spiro atoms. The Labute approximate surface area is 199 Å². The molecule has 0 bridgehead atoms. The number of amides is 2. The van der Waals surface area contributed by atoms with Crippen molar-refractivity contribution >= 4 is 11.8 Å². The summed E-state index contributed by atoms with van der Waals surface area (Å²) in [5.74, 6) is 1.67.